The van der Waals surface area contributed by atoms with Gasteiger partial charge in [0.15, 0.2) is 16.7 Å². The second-order valence-electron chi connectivity index (χ2n) is 8.53. The van der Waals surface area contributed by atoms with Crippen LogP contribution >= 0.6 is 23.6 Å². The molecule has 212 valence electrons. The number of thiophene rings is 1. The van der Waals surface area contributed by atoms with Crippen molar-refractivity contribution in [1.29, 1.82) is 0 Å². The fourth-order valence-electron chi connectivity index (χ4n) is 3.78. The highest BCUT2D eigenvalue weighted by Gasteiger charge is 2.15. The van der Waals surface area contributed by atoms with E-state index in [9.17, 15) is 9.59 Å². The van der Waals surface area contributed by atoms with Crippen LogP contribution in [0.4, 0.5) is 10.1 Å². The van der Waals surface area contributed by atoms with Crippen LogP contribution in [0.15, 0.2) is 67.0 Å². The maximum Gasteiger partial charge on any atom is 0.236 e. The Hall–Kier alpha value is -4.75. The lowest BCUT2D eigenvalue weighted by Crippen LogP contribution is -2.35. The first-order valence-electron chi connectivity index (χ1n) is 12.3. The van der Waals surface area contributed by atoms with Crippen LogP contribution in [-0.4, -0.2) is 42.6 Å². The Bertz CT molecular complexity index is 1620. The van der Waals surface area contributed by atoms with E-state index in [0.717, 1.165) is 4.88 Å². The predicted octanol–water partition coefficient (Wildman–Crippen LogP) is 3.88. The Labute approximate surface area is 244 Å². The van der Waals surface area contributed by atoms with Crippen LogP contribution in [0.5, 0.6) is 17.2 Å². The number of primary amides is 1. The molecule has 41 heavy (non-hydrogen) atoms. The van der Waals surface area contributed by atoms with E-state index in [1.165, 1.54) is 30.6 Å². The Morgan fingerprint density at radius 3 is 2.66 bits per heavy atom. The Kier molecular flexibility index (Phi) is 9.66. The lowest BCUT2D eigenvalue weighted by atomic mass is 10.1. The molecule has 0 aliphatic heterocycles. The summed E-state index contributed by atoms with van der Waals surface area (Å²) in [6.07, 6.45) is 3.28. The Morgan fingerprint density at radius 2 is 1.93 bits per heavy atom. The van der Waals surface area contributed by atoms with Crippen molar-refractivity contribution in [2.24, 2.45) is 5.73 Å². The number of pyridine rings is 1. The number of para-hydroxylation sites is 1. The zero-order chi connectivity index (χ0) is 29.4. The number of hydrogen-bond acceptors (Lipinski definition) is 9. The quantitative estimate of drug-likeness (QED) is 0.164. The van der Waals surface area contributed by atoms with Gasteiger partial charge < -0.3 is 36.5 Å². The van der Waals surface area contributed by atoms with E-state index in [4.69, 9.17) is 27.4 Å². The molecule has 2 heterocycles. The van der Waals surface area contributed by atoms with Crippen molar-refractivity contribution >= 4 is 62.1 Å². The molecule has 10 nitrogen and oxygen atoms in total. The topological polar surface area (TPSA) is 140 Å². The van der Waals surface area contributed by atoms with E-state index in [1.54, 1.807) is 43.7 Å². The number of nitrogens with one attached hydrogen (secondary N) is 4. The third kappa shape index (κ3) is 7.68. The third-order valence-electron chi connectivity index (χ3n) is 5.64. The Morgan fingerprint density at radius 1 is 1.12 bits per heavy atom. The van der Waals surface area contributed by atoms with Gasteiger partial charge in [0.05, 0.1) is 40.9 Å². The molecular weight excluding hydrogens is 567 g/mol. The lowest BCUT2D eigenvalue weighted by Gasteiger charge is -2.12. The molecule has 6 N–H and O–H groups in total. The number of nitrogens with two attached hydrogens (primary N) is 1. The number of benzene rings is 2. The van der Waals surface area contributed by atoms with Crippen LogP contribution in [0, 0.1) is 5.82 Å². The first-order valence-corrected chi connectivity index (χ1v) is 13.5. The summed E-state index contributed by atoms with van der Waals surface area (Å²) in [4.78, 5) is 28.6. The molecule has 0 saturated carbocycles. The van der Waals surface area contributed by atoms with E-state index >= 15 is 4.39 Å². The molecule has 0 unspecified atom stereocenters. The normalized spacial score (nSPS) is 11.0. The number of rotatable bonds is 11. The summed E-state index contributed by atoms with van der Waals surface area (Å²) in [5.74, 6) is -0.442. The highest BCUT2D eigenvalue weighted by molar-refractivity contribution is 7.80. The molecule has 0 aliphatic rings. The maximum atomic E-state index is 15.0. The fraction of sp³-hybridized carbons (Fsp3) is 0.143. The van der Waals surface area contributed by atoms with Crippen LogP contribution in [0.25, 0.3) is 15.9 Å². The van der Waals surface area contributed by atoms with Crippen molar-refractivity contribution < 1.29 is 23.5 Å². The SMILES string of the molecule is CN/C(=C\NCC(N)=O)c1cc2nccc(Oc3ccc(NC(=S)NC(=O)Cc4ccccc4OC)cc3F)c2s1. The average Bonchev–Trinajstić information content (AvgIpc) is 3.37. The van der Waals surface area contributed by atoms with Crippen molar-refractivity contribution in [2.75, 3.05) is 26.0 Å². The van der Waals surface area contributed by atoms with Gasteiger partial charge in [-0.15, -0.1) is 11.3 Å². The van der Waals surface area contributed by atoms with Gasteiger partial charge in [-0.05, 0) is 36.5 Å². The summed E-state index contributed by atoms with van der Waals surface area (Å²) in [7, 11) is 3.28. The van der Waals surface area contributed by atoms with Gasteiger partial charge >= 0.3 is 0 Å². The number of nitrogens with zero attached hydrogens (tertiary/aromatic N) is 1. The van der Waals surface area contributed by atoms with E-state index in [2.05, 4.69) is 26.3 Å². The highest BCUT2D eigenvalue weighted by atomic mass is 32.1. The molecule has 4 aromatic rings. The molecule has 0 fully saturated rings. The summed E-state index contributed by atoms with van der Waals surface area (Å²) >= 11 is 6.61. The van der Waals surface area contributed by atoms with Gasteiger partial charge in [0.25, 0.3) is 0 Å². The minimum absolute atomic E-state index is 0.00312. The molecule has 0 radical (unpaired) electrons. The minimum Gasteiger partial charge on any atom is -0.496 e. The van der Waals surface area contributed by atoms with E-state index in [1.807, 2.05) is 18.2 Å². The third-order valence-corrected chi connectivity index (χ3v) is 7.02. The smallest absolute Gasteiger partial charge is 0.236 e. The largest absolute Gasteiger partial charge is 0.496 e. The number of halogens is 1. The van der Waals surface area contributed by atoms with Crippen LogP contribution in [0.2, 0.25) is 0 Å². The molecular formula is C28H27FN6O4S2. The predicted molar refractivity (Wildman–Crippen MR) is 161 cm³/mol. The minimum atomic E-state index is -0.633. The molecule has 0 atom stereocenters. The molecule has 0 spiro atoms. The summed E-state index contributed by atoms with van der Waals surface area (Å²) in [5.41, 5.74) is 7.60. The first-order chi connectivity index (χ1) is 19.8. The molecule has 2 amide bonds. The summed E-state index contributed by atoms with van der Waals surface area (Å²) in [6, 6.07) is 15.0. The van der Waals surface area contributed by atoms with Crippen molar-refractivity contribution in [2.45, 2.75) is 6.42 Å². The zero-order valence-corrected chi connectivity index (χ0v) is 23.8. The average molecular weight is 595 g/mol. The van der Waals surface area contributed by atoms with Gasteiger partial charge in [-0.3, -0.25) is 14.6 Å². The monoisotopic (exact) mass is 594 g/mol. The molecule has 0 saturated heterocycles. The van der Waals surface area contributed by atoms with Crippen LogP contribution in [0.1, 0.15) is 10.4 Å². The highest BCUT2D eigenvalue weighted by Crippen LogP contribution is 2.37. The molecule has 2 aromatic carbocycles. The van der Waals surface area contributed by atoms with Crippen LogP contribution in [0.3, 0.4) is 0 Å². The maximum absolute atomic E-state index is 15.0. The first kappa shape index (κ1) is 29.2. The lowest BCUT2D eigenvalue weighted by molar-refractivity contribution is -0.119. The van der Waals surface area contributed by atoms with E-state index in [0.29, 0.717) is 38.7 Å². The number of carbonyl (C=O) groups excluding carboxylic acids is 2. The summed E-state index contributed by atoms with van der Waals surface area (Å²) in [5, 5.41) is 11.3. The number of carbonyl (C=O) groups is 2. The number of fused-ring (bicyclic) bond motifs is 1. The van der Waals surface area contributed by atoms with Gasteiger partial charge in [0.1, 0.15) is 11.5 Å². The number of hydrogen-bond donors (Lipinski definition) is 5. The zero-order valence-electron chi connectivity index (χ0n) is 22.1. The summed E-state index contributed by atoms with van der Waals surface area (Å²) < 4.78 is 26.9. The second-order valence-corrected chi connectivity index (χ2v) is 9.99. The number of amides is 2. The second kappa shape index (κ2) is 13.5. The van der Waals surface area contributed by atoms with Gasteiger partial charge in [-0.2, -0.15) is 0 Å². The standard InChI is InChI=1S/C28H27FN6O4S2/c1-31-20(14-32-15-25(30)36)24-13-19-27(41-24)23(9-10-33-19)39-22-8-7-17(12-18(22)29)34-28(40)35-26(37)11-16-5-3-4-6-21(16)38-2/h3-10,12-14,31-32H,11,15H2,1-2H3,(H2,30,36)(H2,34,35,37,40)/b20-14-. The molecule has 0 bridgehead atoms. The number of aromatic nitrogens is 1. The summed E-state index contributed by atoms with van der Waals surface area (Å²) in [6.45, 7) is -0.00712. The molecule has 4 rings (SSSR count). The van der Waals surface area contributed by atoms with Gasteiger partial charge in [0.2, 0.25) is 11.8 Å². The van der Waals surface area contributed by atoms with E-state index < -0.39 is 11.7 Å². The van der Waals surface area contributed by atoms with Crippen molar-refractivity contribution in [3.63, 3.8) is 0 Å². The van der Waals surface area contributed by atoms with Crippen LogP contribution in [-0.2, 0) is 16.0 Å². The number of anilines is 1. The van der Waals surface area contributed by atoms with Gasteiger partial charge in [-0.25, -0.2) is 4.39 Å². The molecule has 13 heteroatoms. The fourth-order valence-corrected chi connectivity index (χ4v) is 5.10. The van der Waals surface area contributed by atoms with Gasteiger partial charge in [-0.1, -0.05) is 18.2 Å². The Balaban J connectivity index is 1.42. The van der Waals surface area contributed by atoms with Crippen LogP contribution < -0.4 is 36.5 Å². The van der Waals surface area contributed by atoms with Gasteiger partial charge in [0, 0.05) is 42.8 Å². The number of methoxy groups -OCH3 is 1. The van der Waals surface area contributed by atoms with Crippen molar-refractivity contribution in [3.05, 3.63) is 83.3 Å². The van der Waals surface area contributed by atoms with Crippen molar-refractivity contribution in [3.8, 4) is 17.2 Å². The van der Waals surface area contributed by atoms with E-state index in [-0.39, 0.29) is 29.7 Å². The number of thiocarbonyl (C=S) groups is 1. The van der Waals surface area contributed by atoms with Crippen molar-refractivity contribution in [1.82, 2.24) is 20.9 Å². The molecule has 0 aliphatic carbocycles. The molecule has 2 aromatic heterocycles. The number of ether oxygens (including phenoxy) is 2.